The fourth-order valence-corrected chi connectivity index (χ4v) is 18.1. The van der Waals surface area contributed by atoms with Crippen molar-refractivity contribution in [1.82, 2.24) is 0 Å². The van der Waals surface area contributed by atoms with Crippen LogP contribution in [0.5, 0.6) is 0 Å². The first kappa shape index (κ1) is 61.0. The van der Waals surface area contributed by atoms with Crippen LogP contribution in [0.15, 0.2) is 133 Å². The molecule has 2 aliphatic heterocycles. The Morgan fingerprint density at radius 2 is 0.800 bits per heavy atom. The van der Waals surface area contributed by atoms with Crippen LogP contribution in [-0.2, 0) is 48.7 Å². The largest absolute Gasteiger partial charge is 0.311 e. The zero-order chi connectivity index (χ0) is 64.3. The molecule has 3 heterocycles. The van der Waals surface area contributed by atoms with E-state index >= 15 is 0 Å². The van der Waals surface area contributed by atoms with Gasteiger partial charge in [0.2, 0.25) is 0 Å². The van der Waals surface area contributed by atoms with Crippen LogP contribution in [0.25, 0.3) is 20.2 Å². The number of anilines is 9. The Labute approximate surface area is 545 Å². The van der Waals surface area contributed by atoms with Crippen LogP contribution in [0.3, 0.4) is 0 Å². The van der Waals surface area contributed by atoms with Gasteiger partial charge in [-0.25, -0.2) is 0 Å². The second kappa shape index (κ2) is 19.7. The van der Waals surface area contributed by atoms with Crippen LogP contribution in [0.4, 0.5) is 51.2 Å². The first-order chi connectivity index (χ1) is 41.9. The minimum atomic E-state index is -0.0848. The van der Waals surface area contributed by atoms with Gasteiger partial charge in [0.15, 0.2) is 0 Å². The van der Waals surface area contributed by atoms with Crippen LogP contribution in [0.1, 0.15) is 240 Å². The van der Waals surface area contributed by atoms with E-state index in [1.165, 1.54) is 139 Å². The molecule has 90 heavy (non-hydrogen) atoms. The molecule has 464 valence electrons. The Kier molecular flexibility index (Phi) is 13.4. The summed E-state index contributed by atoms with van der Waals surface area (Å²) >= 11 is 2.03. The third-order valence-electron chi connectivity index (χ3n) is 23.2. The molecule has 0 saturated heterocycles. The van der Waals surface area contributed by atoms with Crippen LogP contribution in [0.2, 0.25) is 0 Å². The normalized spacial score (nSPS) is 19.0. The Balaban J connectivity index is 1.18. The Morgan fingerprint density at radius 1 is 0.367 bits per heavy atom. The highest BCUT2D eigenvalue weighted by Gasteiger charge is 2.50. The van der Waals surface area contributed by atoms with Crippen molar-refractivity contribution in [2.24, 2.45) is 0 Å². The highest BCUT2D eigenvalue weighted by Crippen LogP contribution is 2.57. The summed E-state index contributed by atoms with van der Waals surface area (Å²) in [6.45, 7) is 53.4. The summed E-state index contributed by atoms with van der Waals surface area (Å²) in [5.41, 5.74) is 29.7. The van der Waals surface area contributed by atoms with Gasteiger partial charge in [-0.2, -0.15) is 0 Å². The van der Waals surface area contributed by atoms with E-state index in [4.69, 9.17) is 0 Å². The van der Waals surface area contributed by atoms with Gasteiger partial charge in [-0.1, -0.05) is 206 Å². The molecule has 0 spiro atoms. The standard InChI is InChI=1S/C85H100BN3S/c1-51-43-62-65(84(19,20)41-39-81(62,13)14)49-69(51)89-68-36-34-60-59-33-27-54(79(8,9)10)44-73(59)90-76(60)75(68)86-67-48-64-66(85(21,22)42-40-83(64,17)18)50-70(67)88(57-32-35-61-63(45-57)82(15,16)38-37-80(61,11)12)71-46-58(47-72(89)74(71)86)87(55-28-23-52(24-29-55)77(2,3)4)56-30-25-53(26-31-56)78(5,6)7/h23-36,43-50H,37-42H2,1-22H3. The lowest BCUT2D eigenvalue weighted by Gasteiger charge is -2.49. The molecule has 0 N–H and O–H groups in total. The van der Waals surface area contributed by atoms with E-state index in [9.17, 15) is 0 Å². The van der Waals surface area contributed by atoms with Gasteiger partial charge in [0, 0.05) is 60.3 Å². The molecular formula is C85H100BN3S. The maximum atomic E-state index is 2.78. The Morgan fingerprint density at radius 3 is 1.31 bits per heavy atom. The van der Waals surface area contributed by atoms with Gasteiger partial charge < -0.3 is 14.7 Å². The molecule has 5 heteroatoms. The SMILES string of the molecule is Cc1cc2c(cc1N1c3cc(N(c4ccc(C(C)(C)C)cc4)c4ccc(C(C)(C)C)cc4)cc4c3B(c3cc5c(cc3N4c3ccc4c(c3)C(C)(C)CCC4(C)C)C(C)(C)CCC5(C)C)c3c1ccc1c3sc3cc(C(C)(C)C)ccc31)C(C)(C)CCC2(C)C. The molecule has 0 bridgehead atoms. The van der Waals surface area contributed by atoms with Crippen molar-refractivity contribution in [3.63, 3.8) is 0 Å². The van der Waals surface area contributed by atoms with Crippen molar-refractivity contribution in [2.75, 3.05) is 14.7 Å². The number of hydrogen-bond acceptors (Lipinski definition) is 4. The zero-order valence-corrected chi connectivity index (χ0v) is 59.6. The lowest BCUT2D eigenvalue weighted by molar-refractivity contribution is 0.332. The second-order valence-corrected chi connectivity index (χ2v) is 36.6. The molecular weight excluding hydrogens is 1110 g/mol. The summed E-state index contributed by atoms with van der Waals surface area (Å²) in [5, 5.41) is 2.70. The quantitative estimate of drug-likeness (QED) is 0.159. The number of hydrogen-bond donors (Lipinski definition) is 0. The summed E-state index contributed by atoms with van der Waals surface area (Å²) in [6, 6.07) is 55.1. The number of rotatable bonds is 5. The van der Waals surface area contributed by atoms with E-state index in [0.29, 0.717) is 0 Å². The average Bonchev–Trinajstić information content (AvgIpc) is 0.924. The number of nitrogens with zero attached hydrogens (tertiary/aromatic N) is 3. The third kappa shape index (κ3) is 9.51. The van der Waals surface area contributed by atoms with Crippen LogP contribution in [-0.4, -0.2) is 6.71 Å². The molecule has 9 aromatic rings. The highest BCUT2D eigenvalue weighted by molar-refractivity contribution is 7.28. The highest BCUT2D eigenvalue weighted by atomic mass is 32.1. The maximum absolute atomic E-state index is 2.78. The van der Waals surface area contributed by atoms with Crippen molar-refractivity contribution in [2.45, 2.75) is 240 Å². The van der Waals surface area contributed by atoms with Crippen molar-refractivity contribution in [3.05, 3.63) is 189 Å². The van der Waals surface area contributed by atoms with Crippen molar-refractivity contribution in [3.8, 4) is 0 Å². The van der Waals surface area contributed by atoms with E-state index in [1.807, 2.05) is 11.3 Å². The molecule has 0 radical (unpaired) electrons. The van der Waals surface area contributed by atoms with E-state index in [-0.39, 0.29) is 55.4 Å². The van der Waals surface area contributed by atoms with E-state index in [0.717, 1.165) is 42.7 Å². The van der Waals surface area contributed by atoms with E-state index < -0.39 is 0 Å². The topological polar surface area (TPSA) is 9.72 Å². The average molecular weight is 1210 g/mol. The van der Waals surface area contributed by atoms with Crippen molar-refractivity contribution in [1.29, 1.82) is 0 Å². The third-order valence-corrected chi connectivity index (χ3v) is 24.4. The molecule has 3 nitrogen and oxygen atoms in total. The molecule has 0 unspecified atom stereocenters. The lowest BCUT2D eigenvalue weighted by Crippen LogP contribution is -2.62. The second-order valence-electron chi connectivity index (χ2n) is 35.5. The fraction of sp³-hybridized carbons (Fsp3) is 0.435. The van der Waals surface area contributed by atoms with Crippen LogP contribution < -0.4 is 31.1 Å². The predicted octanol–water partition coefficient (Wildman–Crippen LogP) is 22.9. The van der Waals surface area contributed by atoms with Gasteiger partial charge in [-0.15, -0.1) is 11.3 Å². The number of aryl methyl sites for hydroxylation is 1. The number of fused-ring (bicyclic) bond motifs is 11. The summed E-state index contributed by atoms with van der Waals surface area (Å²) in [6.07, 6.45) is 6.93. The van der Waals surface area contributed by atoms with Crippen LogP contribution in [0, 0.1) is 6.92 Å². The number of benzene rings is 8. The summed E-state index contributed by atoms with van der Waals surface area (Å²) in [5.74, 6) is 0. The fourth-order valence-electron chi connectivity index (χ4n) is 16.8. The monoisotopic (exact) mass is 1210 g/mol. The predicted molar refractivity (Wildman–Crippen MR) is 395 cm³/mol. The van der Waals surface area contributed by atoms with Gasteiger partial charge in [0.1, 0.15) is 0 Å². The molecule has 0 fully saturated rings. The molecule has 5 aliphatic rings. The van der Waals surface area contributed by atoms with Gasteiger partial charge in [0.05, 0.1) is 5.69 Å². The molecule has 1 aromatic heterocycles. The van der Waals surface area contributed by atoms with Gasteiger partial charge in [0.25, 0.3) is 6.71 Å². The first-order valence-electron chi connectivity index (χ1n) is 34.2. The van der Waals surface area contributed by atoms with Gasteiger partial charge >= 0.3 is 0 Å². The maximum Gasteiger partial charge on any atom is 0.254 e. The minimum absolute atomic E-state index is 0.00207. The van der Waals surface area contributed by atoms with Crippen LogP contribution >= 0.6 is 11.3 Å². The molecule has 14 rings (SSSR count). The summed E-state index contributed by atoms with van der Waals surface area (Å²) < 4.78 is 2.76. The molecule has 0 saturated carbocycles. The first-order valence-corrected chi connectivity index (χ1v) is 35.0. The Bertz CT molecular complexity index is 4380. The van der Waals surface area contributed by atoms with Crippen molar-refractivity contribution >= 4 is 106 Å². The molecule has 0 amide bonds. The smallest absolute Gasteiger partial charge is 0.254 e. The molecule has 8 aromatic carbocycles. The van der Waals surface area contributed by atoms with E-state index in [2.05, 4.69) is 300 Å². The lowest BCUT2D eigenvalue weighted by atomic mass is 9.33. The summed E-state index contributed by atoms with van der Waals surface area (Å²) in [7, 11) is 0. The van der Waals surface area contributed by atoms with Crippen molar-refractivity contribution < 1.29 is 0 Å². The Hall–Kier alpha value is -6.56. The van der Waals surface area contributed by atoms with E-state index in [1.54, 1.807) is 0 Å². The number of thiophene rings is 1. The molecule has 3 aliphatic carbocycles. The summed E-state index contributed by atoms with van der Waals surface area (Å²) in [4.78, 5) is 8.14. The zero-order valence-electron chi connectivity index (χ0n) is 58.8. The molecule has 0 atom stereocenters. The van der Waals surface area contributed by atoms with Gasteiger partial charge in [-0.3, -0.25) is 0 Å². The van der Waals surface area contributed by atoms with Gasteiger partial charge in [-0.05, 0) is 244 Å². The minimum Gasteiger partial charge on any atom is -0.311 e.